The largest absolute Gasteiger partial charge is 0.396 e. The summed E-state index contributed by atoms with van der Waals surface area (Å²) in [6, 6.07) is 0. The predicted octanol–water partition coefficient (Wildman–Crippen LogP) is 2.66. The lowest BCUT2D eigenvalue weighted by Gasteiger charge is -2.44. The molecule has 6 unspecified atom stereocenters. The third-order valence-corrected chi connectivity index (χ3v) is 8.95. The fourth-order valence-electron chi connectivity index (χ4n) is 7.69. The molecule has 144 valence electrons. The summed E-state index contributed by atoms with van der Waals surface area (Å²) in [5.41, 5.74) is 0. The molecule has 25 heavy (non-hydrogen) atoms. The van der Waals surface area contributed by atoms with Crippen molar-refractivity contribution in [2.45, 2.75) is 39.5 Å². The number of hydrogen-bond donors (Lipinski definition) is 2. The highest BCUT2D eigenvalue weighted by Crippen LogP contribution is 2.65. The zero-order valence-electron chi connectivity index (χ0n) is 15.3. The summed E-state index contributed by atoms with van der Waals surface area (Å²) < 4.78 is 36.0. The number of aliphatic hydroxyl groups excluding tert-OH is 1. The van der Waals surface area contributed by atoms with Gasteiger partial charge in [0, 0.05) is 6.61 Å². The van der Waals surface area contributed by atoms with Crippen molar-refractivity contribution in [2.75, 3.05) is 19.2 Å². The normalized spacial score (nSPS) is 51.5. The summed E-state index contributed by atoms with van der Waals surface area (Å²) >= 11 is 0. The highest BCUT2D eigenvalue weighted by Gasteiger charge is 2.60. The standard InChI is InChI=1S/C19H32O5S/c1-10-12-3-15(8-24-9-25(21,22)23)17(5-12)19(10)18-11(2)16-6-13(18)4-14(16)7-20/h10-20H,3-9H2,1-2H3,(H,21,22,23)/t10?,11?,12-,13+,14?,15?,16-,17-,18?,19?/m0/s1. The molecule has 0 saturated heterocycles. The van der Waals surface area contributed by atoms with Gasteiger partial charge in [0.15, 0.2) is 5.94 Å². The maximum atomic E-state index is 10.9. The first-order chi connectivity index (χ1) is 11.8. The Hall–Kier alpha value is -0.170. The third-order valence-electron chi connectivity index (χ3n) is 8.49. The van der Waals surface area contributed by atoms with Crippen LogP contribution in [0.5, 0.6) is 0 Å². The van der Waals surface area contributed by atoms with E-state index in [9.17, 15) is 13.5 Å². The molecule has 4 aliphatic carbocycles. The molecule has 0 heterocycles. The van der Waals surface area contributed by atoms with Crippen LogP contribution < -0.4 is 0 Å². The van der Waals surface area contributed by atoms with Gasteiger partial charge in [0.2, 0.25) is 0 Å². The fraction of sp³-hybridized carbons (Fsp3) is 1.00. The molecule has 0 radical (unpaired) electrons. The summed E-state index contributed by atoms with van der Waals surface area (Å²) in [4.78, 5) is 0. The van der Waals surface area contributed by atoms with Crippen molar-refractivity contribution >= 4 is 10.1 Å². The molecule has 0 aliphatic heterocycles. The Balaban J connectivity index is 1.44. The summed E-state index contributed by atoms with van der Waals surface area (Å²) in [7, 11) is -4.04. The summed E-state index contributed by atoms with van der Waals surface area (Å²) in [5.74, 6) is 6.16. The van der Waals surface area contributed by atoms with Crippen molar-refractivity contribution in [3.63, 3.8) is 0 Å². The second kappa shape index (κ2) is 6.47. The Kier molecular flexibility index (Phi) is 4.71. The maximum Gasteiger partial charge on any atom is 0.289 e. The van der Waals surface area contributed by atoms with E-state index in [2.05, 4.69) is 13.8 Å². The van der Waals surface area contributed by atoms with Crippen LogP contribution in [0, 0.1) is 59.2 Å². The number of ether oxygens (including phenoxy) is 1. The van der Waals surface area contributed by atoms with Crippen LogP contribution in [0.3, 0.4) is 0 Å². The van der Waals surface area contributed by atoms with Gasteiger partial charge in [-0.2, -0.15) is 8.42 Å². The SMILES string of the molecule is CC1C(C2C(C)[C@@H]3C[C@H]2CC3CO)[C@H]2C[C@@H]1CC2COCS(=O)(=O)O. The molecule has 0 aromatic heterocycles. The van der Waals surface area contributed by atoms with Gasteiger partial charge < -0.3 is 9.84 Å². The predicted molar refractivity (Wildman–Crippen MR) is 94.2 cm³/mol. The van der Waals surface area contributed by atoms with E-state index in [-0.39, 0.29) is 0 Å². The Labute approximate surface area is 151 Å². The van der Waals surface area contributed by atoms with Crippen LogP contribution in [0.2, 0.25) is 0 Å². The van der Waals surface area contributed by atoms with Crippen molar-refractivity contribution in [3.05, 3.63) is 0 Å². The number of rotatable bonds is 6. The first-order valence-electron chi connectivity index (χ1n) is 9.94. The minimum Gasteiger partial charge on any atom is -0.396 e. The van der Waals surface area contributed by atoms with Crippen LogP contribution >= 0.6 is 0 Å². The molecule has 10 atom stereocenters. The molecule has 0 amide bonds. The first-order valence-corrected chi connectivity index (χ1v) is 11.5. The van der Waals surface area contributed by atoms with E-state index in [1.165, 1.54) is 19.3 Å². The second-order valence-corrected chi connectivity index (χ2v) is 10.8. The molecule has 0 aromatic rings. The van der Waals surface area contributed by atoms with E-state index >= 15 is 0 Å². The maximum absolute atomic E-state index is 10.9. The van der Waals surface area contributed by atoms with Crippen LogP contribution in [-0.4, -0.2) is 37.2 Å². The van der Waals surface area contributed by atoms with Crippen LogP contribution in [0.1, 0.15) is 39.5 Å². The molecule has 2 N–H and O–H groups in total. The Morgan fingerprint density at radius 2 is 1.60 bits per heavy atom. The fourth-order valence-corrected chi connectivity index (χ4v) is 8.00. The van der Waals surface area contributed by atoms with Crippen molar-refractivity contribution < 1.29 is 22.8 Å². The lowest BCUT2D eigenvalue weighted by Crippen LogP contribution is -2.40. The summed E-state index contributed by atoms with van der Waals surface area (Å²) in [5, 5.41) is 9.63. The molecule has 4 rings (SSSR count). The number of hydrogen-bond acceptors (Lipinski definition) is 4. The quantitative estimate of drug-likeness (QED) is 0.700. The van der Waals surface area contributed by atoms with Gasteiger partial charge in [-0.1, -0.05) is 13.8 Å². The van der Waals surface area contributed by atoms with Gasteiger partial charge in [-0.25, -0.2) is 0 Å². The van der Waals surface area contributed by atoms with E-state index < -0.39 is 16.1 Å². The van der Waals surface area contributed by atoms with Gasteiger partial charge in [-0.15, -0.1) is 0 Å². The molecule has 4 fully saturated rings. The van der Waals surface area contributed by atoms with Crippen LogP contribution in [0.4, 0.5) is 0 Å². The highest BCUT2D eigenvalue weighted by molar-refractivity contribution is 7.85. The van der Waals surface area contributed by atoms with E-state index in [1.54, 1.807) is 0 Å². The van der Waals surface area contributed by atoms with Crippen molar-refractivity contribution in [1.29, 1.82) is 0 Å². The summed E-state index contributed by atoms with van der Waals surface area (Å²) in [6.07, 6.45) is 4.89. The van der Waals surface area contributed by atoms with Crippen LogP contribution in [0.15, 0.2) is 0 Å². The van der Waals surface area contributed by atoms with Crippen LogP contribution in [0.25, 0.3) is 0 Å². The zero-order valence-corrected chi connectivity index (χ0v) is 16.1. The van der Waals surface area contributed by atoms with Gasteiger partial charge in [0.25, 0.3) is 10.1 Å². The van der Waals surface area contributed by atoms with Crippen molar-refractivity contribution in [1.82, 2.24) is 0 Å². The van der Waals surface area contributed by atoms with Gasteiger partial charge in [-0.05, 0) is 84.9 Å². The lowest BCUT2D eigenvalue weighted by molar-refractivity contribution is 0.00455. The average Bonchev–Trinajstić information content (AvgIpc) is 3.25. The van der Waals surface area contributed by atoms with E-state index in [1.807, 2.05) is 0 Å². The monoisotopic (exact) mass is 372 g/mol. The molecule has 4 saturated carbocycles. The molecule has 5 nitrogen and oxygen atoms in total. The van der Waals surface area contributed by atoms with Crippen molar-refractivity contribution in [2.24, 2.45) is 59.2 Å². The summed E-state index contributed by atoms with van der Waals surface area (Å²) in [6.45, 7) is 5.63. The number of fused-ring (bicyclic) bond motifs is 4. The zero-order chi connectivity index (χ0) is 17.9. The van der Waals surface area contributed by atoms with Gasteiger partial charge in [0.05, 0.1) is 6.61 Å². The lowest BCUT2D eigenvalue weighted by atomic mass is 9.61. The minimum absolute atomic E-state index is 0.344. The van der Waals surface area contributed by atoms with Gasteiger partial charge in [0.1, 0.15) is 0 Å². The van der Waals surface area contributed by atoms with Crippen molar-refractivity contribution in [3.8, 4) is 0 Å². The van der Waals surface area contributed by atoms with E-state index in [0.717, 1.165) is 36.0 Å². The van der Waals surface area contributed by atoms with E-state index in [4.69, 9.17) is 9.29 Å². The Morgan fingerprint density at radius 1 is 0.920 bits per heavy atom. The average molecular weight is 373 g/mol. The number of aliphatic hydroxyl groups is 1. The first kappa shape index (κ1) is 18.2. The smallest absolute Gasteiger partial charge is 0.289 e. The molecule has 6 heteroatoms. The van der Waals surface area contributed by atoms with Crippen LogP contribution in [-0.2, 0) is 14.9 Å². The highest BCUT2D eigenvalue weighted by atomic mass is 32.2. The molecule has 0 spiro atoms. The Bertz CT molecular complexity index is 601. The minimum atomic E-state index is -4.04. The van der Waals surface area contributed by atoms with Gasteiger partial charge in [-0.3, -0.25) is 4.55 Å². The third kappa shape index (κ3) is 3.07. The molecular weight excluding hydrogens is 340 g/mol. The molecular formula is C19H32O5S. The second-order valence-electron chi connectivity index (χ2n) is 9.44. The molecule has 0 aromatic carbocycles. The topological polar surface area (TPSA) is 83.8 Å². The van der Waals surface area contributed by atoms with E-state index in [0.29, 0.717) is 42.8 Å². The molecule has 4 aliphatic rings. The Morgan fingerprint density at radius 3 is 2.20 bits per heavy atom. The molecule has 4 bridgehead atoms. The van der Waals surface area contributed by atoms with Gasteiger partial charge >= 0.3 is 0 Å².